The van der Waals surface area contributed by atoms with Gasteiger partial charge in [0.2, 0.25) is 0 Å². The molecule has 0 aromatic heterocycles. The van der Waals surface area contributed by atoms with Gasteiger partial charge >= 0.3 is 0 Å². The highest BCUT2D eigenvalue weighted by Gasteiger charge is 2.00. The van der Waals surface area contributed by atoms with Gasteiger partial charge in [-0.15, -0.1) is 0 Å². The van der Waals surface area contributed by atoms with E-state index in [4.69, 9.17) is 15.7 Å². The lowest BCUT2D eigenvalue weighted by atomic mass is 10.1. The van der Waals surface area contributed by atoms with E-state index < -0.39 is 0 Å². The SMILES string of the molecule is C[C@@H](N)c1ccc(OCc2ccc(C#N)cc2)cc1. The van der Waals surface area contributed by atoms with Crippen molar-refractivity contribution in [1.29, 1.82) is 5.26 Å². The molecule has 96 valence electrons. The van der Waals surface area contributed by atoms with Crippen LogP contribution in [-0.4, -0.2) is 0 Å². The third-order valence-electron chi connectivity index (χ3n) is 2.89. The van der Waals surface area contributed by atoms with Crippen molar-refractivity contribution in [2.45, 2.75) is 19.6 Å². The minimum atomic E-state index is 0.0348. The Kier molecular flexibility index (Phi) is 4.17. The third-order valence-corrected chi connectivity index (χ3v) is 2.89. The summed E-state index contributed by atoms with van der Waals surface area (Å²) in [5, 5.41) is 8.72. The lowest BCUT2D eigenvalue weighted by Gasteiger charge is -2.09. The van der Waals surface area contributed by atoms with Gasteiger partial charge in [0, 0.05) is 6.04 Å². The predicted octanol–water partition coefficient (Wildman–Crippen LogP) is 3.16. The number of benzene rings is 2. The molecule has 0 saturated heterocycles. The van der Waals surface area contributed by atoms with Gasteiger partial charge in [-0.1, -0.05) is 24.3 Å². The van der Waals surface area contributed by atoms with E-state index in [1.54, 1.807) is 12.1 Å². The van der Waals surface area contributed by atoms with Gasteiger partial charge in [-0.2, -0.15) is 5.26 Å². The van der Waals surface area contributed by atoms with Gasteiger partial charge in [-0.05, 0) is 42.3 Å². The number of nitriles is 1. The van der Waals surface area contributed by atoms with Crippen LogP contribution in [0.15, 0.2) is 48.5 Å². The molecular weight excluding hydrogens is 236 g/mol. The molecule has 0 fully saturated rings. The number of ether oxygens (including phenoxy) is 1. The molecule has 0 aliphatic rings. The quantitative estimate of drug-likeness (QED) is 0.909. The standard InChI is InChI=1S/C16H16N2O/c1-12(18)15-6-8-16(9-7-15)19-11-14-4-2-13(10-17)3-5-14/h2-9,12H,11,18H2,1H3/t12-/m1/s1. The van der Waals surface area contributed by atoms with Crippen LogP contribution in [-0.2, 0) is 6.61 Å². The summed E-state index contributed by atoms with van der Waals surface area (Å²) in [6.07, 6.45) is 0. The van der Waals surface area contributed by atoms with Crippen molar-refractivity contribution in [2.24, 2.45) is 5.73 Å². The summed E-state index contributed by atoms with van der Waals surface area (Å²) in [4.78, 5) is 0. The molecule has 2 aromatic rings. The highest BCUT2D eigenvalue weighted by atomic mass is 16.5. The summed E-state index contributed by atoms with van der Waals surface area (Å²) in [6.45, 7) is 2.44. The summed E-state index contributed by atoms with van der Waals surface area (Å²) < 4.78 is 5.68. The molecule has 2 N–H and O–H groups in total. The van der Waals surface area contributed by atoms with Crippen LogP contribution in [0.4, 0.5) is 0 Å². The zero-order chi connectivity index (χ0) is 13.7. The van der Waals surface area contributed by atoms with Crippen molar-refractivity contribution in [3.8, 4) is 11.8 Å². The largest absolute Gasteiger partial charge is 0.489 e. The first kappa shape index (κ1) is 13.1. The van der Waals surface area contributed by atoms with E-state index in [0.29, 0.717) is 12.2 Å². The lowest BCUT2D eigenvalue weighted by molar-refractivity contribution is 0.306. The first-order chi connectivity index (χ1) is 9.19. The number of nitrogens with two attached hydrogens (primary N) is 1. The van der Waals surface area contributed by atoms with Crippen LogP contribution in [0, 0.1) is 11.3 Å². The Morgan fingerprint density at radius 3 is 2.26 bits per heavy atom. The first-order valence-electron chi connectivity index (χ1n) is 6.16. The Morgan fingerprint density at radius 1 is 1.11 bits per heavy atom. The maximum absolute atomic E-state index is 8.72. The molecule has 0 saturated carbocycles. The van der Waals surface area contributed by atoms with Crippen LogP contribution >= 0.6 is 0 Å². The fraction of sp³-hybridized carbons (Fsp3) is 0.188. The second-order valence-corrected chi connectivity index (χ2v) is 4.46. The van der Waals surface area contributed by atoms with Crippen molar-refractivity contribution < 1.29 is 4.74 Å². The summed E-state index contributed by atoms with van der Waals surface area (Å²) in [5.74, 6) is 0.814. The van der Waals surface area contributed by atoms with Crippen LogP contribution in [0.1, 0.15) is 29.7 Å². The minimum absolute atomic E-state index is 0.0348. The van der Waals surface area contributed by atoms with E-state index in [0.717, 1.165) is 16.9 Å². The molecule has 0 aliphatic heterocycles. The highest BCUT2D eigenvalue weighted by Crippen LogP contribution is 2.17. The maximum atomic E-state index is 8.72. The van der Waals surface area contributed by atoms with E-state index in [9.17, 15) is 0 Å². The van der Waals surface area contributed by atoms with Crippen LogP contribution in [0.2, 0.25) is 0 Å². The Bertz CT molecular complexity index is 565. The smallest absolute Gasteiger partial charge is 0.119 e. The summed E-state index contributed by atoms with van der Waals surface area (Å²) in [5.41, 5.74) is 8.57. The maximum Gasteiger partial charge on any atom is 0.119 e. The van der Waals surface area contributed by atoms with Gasteiger partial charge in [0.05, 0.1) is 11.6 Å². The number of hydrogen-bond acceptors (Lipinski definition) is 3. The van der Waals surface area contributed by atoms with E-state index in [1.165, 1.54) is 0 Å². The van der Waals surface area contributed by atoms with Crippen LogP contribution in [0.5, 0.6) is 5.75 Å². The average Bonchev–Trinajstić information content (AvgIpc) is 2.46. The summed E-state index contributed by atoms with van der Waals surface area (Å²) in [6, 6.07) is 17.3. The molecule has 0 unspecified atom stereocenters. The fourth-order valence-electron chi connectivity index (χ4n) is 1.71. The molecule has 19 heavy (non-hydrogen) atoms. The molecule has 0 amide bonds. The monoisotopic (exact) mass is 252 g/mol. The molecule has 2 aromatic carbocycles. The van der Waals surface area contributed by atoms with Gasteiger partial charge in [-0.3, -0.25) is 0 Å². The van der Waals surface area contributed by atoms with Crippen LogP contribution in [0.3, 0.4) is 0 Å². The van der Waals surface area contributed by atoms with Crippen molar-refractivity contribution in [3.05, 3.63) is 65.2 Å². The molecule has 3 nitrogen and oxygen atoms in total. The lowest BCUT2D eigenvalue weighted by Crippen LogP contribution is -2.04. The molecule has 2 rings (SSSR count). The Balaban J connectivity index is 1.96. The Morgan fingerprint density at radius 2 is 1.74 bits per heavy atom. The van der Waals surface area contributed by atoms with Crippen molar-refractivity contribution in [1.82, 2.24) is 0 Å². The molecular formula is C16H16N2O. The third kappa shape index (κ3) is 3.57. The van der Waals surface area contributed by atoms with Gasteiger partial charge in [0.25, 0.3) is 0 Å². The zero-order valence-corrected chi connectivity index (χ0v) is 10.8. The van der Waals surface area contributed by atoms with Crippen molar-refractivity contribution >= 4 is 0 Å². The molecule has 0 aliphatic carbocycles. The molecule has 0 spiro atoms. The molecule has 1 atom stereocenters. The molecule has 0 radical (unpaired) electrons. The normalized spacial score (nSPS) is 11.6. The minimum Gasteiger partial charge on any atom is -0.489 e. The summed E-state index contributed by atoms with van der Waals surface area (Å²) >= 11 is 0. The molecule has 0 heterocycles. The molecule has 0 bridgehead atoms. The van der Waals surface area contributed by atoms with Gasteiger partial charge in [0.1, 0.15) is 12.4 Å². The number of rotatable bonds is 4. The van der Waals surface area contributed by atoms with E-state index in [1.807, 2.05) is 43.3 Å². The van der Waals surface area contributed by atoms with E-state index in [2.05, 4.69) is 6.07 Å². The average molecular weight is 252 g/mol. The predicted molar refractivity (Wildman–Crippen MR) is 74.5 cm³/mol. The van der Waals surface area contributed by atoms with Crippen molar-refractivity contribution in [2.75, 3.05) is 0 Å². The van der Waals surface area contributed by atoms with E-state index >= 15 is 0 Å². The zero-order valence-electron chi connectivity index (χ0n) is 10.8. The van der Waals surface area contributed by atoms with Crippen LogP contribution in [0.25, 0.3) is 0 Å². The second-order valence-electron chi connectivity index (χ2n) is 4.46. The highest BCUT2D eigenvalue weighted by molar-refractivity contribution is 5.32. The van der Waals surface area contributed by atoms with E-state index in [-0.39, 0.29) is 6.04 Å². The van der Waals surface area contributed by atoms with Crippen LogP contribution < -0.4 is 10.5 Å². The Hall–Kier alpha value is -2.31. The first-order valence-corrected chi connectivity index (χ1v) is 6.16. The Labute approximate surface area is 113 Å². The topological polar surface area (TPSA) is 59.0 Å². The van der Waals surface area contributed by atoms with Gasteiger partial charge in [0.15, 0.2) is 0 Å². The summed E-state index contributed by atoms with van der Waals surface area (Å²) in [7, 11) is 0. The second kappa shape index (κ2) is 6.03. The fourth-order valence-corrected chi connectivity index (χ4v) is 1.71. The molecule has 3 heteroatoms. The van der Waals surface area contributed by atoms with Gasteiger partial charge in [-0.25, -0.2) is 0 Å². The van der Waals surface area contributed by atoms with Gasteiger partial charge < -0.3 is 10.5 Å². The number of nitrogens with zero attached hydrogens (tertiary/aromatic N) is 1. The van der Waals surface area contributed by atoms with Crippen molar-refractivity contribution in [3.63, 3.8) is 0 Å². The number of hydrogen-bond donors (Lipinski definition) is 1.